The molecule has 6 heteroatoms. The highest BCUT2D eigenvalue weighted by Gasteiger charge is 2.12. The van der Waals surface area contributed by atoms with Crippen molar-refractivity contribution in [2.24, 2.45) is 5.73 Å². The van der Waals surface area contributed by atoms with Gasteiger partial charge in [-0.1, -0.05) is 81.3 Å². The standard InChI is InChI=1S/C21H33N3O2.ClH/c1-2-3-4-5-6-7-8-9-10-17-11-13-18(14-12-17)21-23-20(26-24-21)15-19(25)16-22;/h11-14,19,25H,2-10,15-16,22H2,1H3;1H. The van der Waals surface area contributed by atoms with E-state index in [4.69, 9.17) is 10.3 Å². The number of aliphatic hydroxyl groups is 1. The Morgan fingerprint density at radius 3 is 2.26 bits per heavy atom. The zero-order chi connectivity index (χ0) is 18.6. The lowest BCUT2D eigenvalue weighted by atomic mass is 10.0. The van der Waals surface area contributed by atoms with Crippen LogP contribution in [0.5, 0.6) is 0 Å². The summed E-state index contributed by atoms with van der Waals surface area (Å²) in [5, 5.41) is 13.5. The van der Waals surface area contributed by atoms with Crippen molar-refractivity contribution in [3.05, 3.63) is 35.7 Å². The van der Waals surface area contributed by atoms with E-state index >= 15 is 0 Å². The van der Waals surface area contributed by atoms with Gasteiger partial charge in [0.1, 0.15) is 0 Å². The van der Waals surface area contributed by atoms with Crippen molar-refractivity contribution in [1.82, 2.24) is 10.1 Å². The van der Waals surface area contributed by atoms with Gasteiger partial charge in [-0.3, -0.25) is 0 Å². The number of nitrogens with zero attached hydrogens (tertiary/aromatic N) is 2. The van der Waals surface area contributed by atoms with E-state index in [1.165, 1.54) is 56.9 Å². The minimum atomic E-state index is -0.641. The predicted octanol–water partition coefficient (Wildman–Crippen LogP) is 4.70. The molecule has 5 nitrogen and oxygen atoms in total. The molecule has 0 aliphatic carbocycles. The van der Waals surface area contributed by atoms with Crippen molar-refractivity contribution in [2.45, 2.75) is 77.2 Å². The summed E-state index contributed by atoms with van der Waals surface area (Å²) in [5.74, 6) is 0.976. The number of aromatic nitrogens is 2. The van der Waals surface area contributed by atoms with Gasteiger partial charge in [0, 0.05) is 12.1 Å². The van der Waals surface area contributed by atoms with Crippen LogP contribution in [-0.2, 0) is 12.8 Å². The average molecular weight is 396 g/mol. The minimum Gasteiger partial charge on any atom is -0.391 e. The molecule has 0 fully saturated rings. The van der Waals surface area contributed by atoms with Gasteiger partial charge < -0.3 is 15.4 Å². The van der Waals surface area contributed by atoms with Gasteiger partial charge in [0.05, 0.1) is 12.5 Å². The number of halogens is 1. The van der Waals surface area contributed by atoms with Crippen LogP contribution in [0.15, 0.2) is 28.8 Å². The Morgan fingerprint density at radius 2 is 1.63 bits per heavy atom. The molecule has 0 aliphatic heterocycles. The molecule has 1 heterocycles. The summed E-state index contributed by atoms with van der Waals surface area (Å²) in [5.41, 5.74) is 7.68. The number of benzene rings is 1. The van der Waals surface area contributed by atoms with Gasteiger partial charge in [-0.25, -0.2) is 0 Å². The van der Waals surface area contributed by atoms with Crippen LogP contribution < -0.4 is 5.73 Å². The molecular weight excluding hydrogens is 362 g/mol. The van der Waals surface area contributed by atoms with Crippen LogP contribution in [0.4, 0.5) is 0 Å². The van der Waals surface area contributed by atoms with Gasteiger partial charge >= 0.3 is 0 Å². The third-order valence-corrected chi connectivity index (χ3v) is 4.68. The van der Waals surface area contributed by atoms with Crippen LogP contribution in [0.25, 0.3) is 11.4 Å². The Morgan fingerprint density at radius 1 is 1.00 bits per heavy atom. The van der Waals surface area contributed by atoms with E-state index in [1.54, 1.807) is 0 Å². The molecule has 0 saturated carbocycles. The van der Waals surface area contributed by atoms with E-state index in [-0.39, 0.29) is 19.0 Å². The molecule has 0 spiro atoms. The van der Waals surface area contributed by atoms with Crippen LogP contribution >= 0.6 is 12.4 Å². The highest BCUT2D eigenvalue weighted by atomic mass is 35.5. The summed E-state index contributed by atoms with van der Waals surface area (Å²) >= 11 is 0. The van der Waals surface area contributed by atoms with E-state index in [1.807, 2.05) is 12.1 Å². The second-order valence-electron chi connectivity index (χ2n) is 7.03. The first-order valence-corrected chi connectivity index (χ1v) is 10.0. The molecule has 1 aromatic carbocycles. The summed E-state index contributed by atoms with van der Waals surface area (Å²) in [4.78, 5) is 4.32. The number of hydrogen-bond donors (Lipinski definition) is 2. The molecule has 3 N–H and O–H groups in total. The molecule has 0 bridgehead atoms. The van der Waals surface area contributed by atoms with Crippen LogP contribution in [0.2, 0.25) is 0 Å². The number of aryl methyl sites for hydroxylation is 1. The van der Waals surface area contributed by atoms with Gasteiger partial charge in [-0.2, -0.15) is 4.98 Å². The summed E-state index contributed by atoms with van der Waals surface area (Å²) in [6, 6.07) is 8.35. The van der Waals surface area contributed by atoms with Crippen molar-refractivity contribution in [3.63, 3.8) is 0 Å². The van der Waals surface area contributed by atoms with Crippen LogP contribution in [0, 0.1) is 0 Å². The Labute approximate surface area is 169 Å². The molecule has 2 rings (SSSR count). The van der Waals surface area contributed by atoms with E-state index in [0.717, 1.165) is 12.0 Å². The molecule has 0 saturated heterocycles. The molecule has 0 aliphatic rings. The fourth-order valence-corrected chi connectivity index (χ4v) is 3.02. The molecule has 0 amide bonds. The van der Waals surface area contributed by atoms with Crippen molar-refractivity contribution >= 4 is 12.4 Å². The lowest BCUT2D eigenvalue weighted by Gasteiger charge is -2.03. The lowest BCUT2D eigenvalue weighted by molar-refractivity contribution is 0.170. The third-order valence-electron chi connectivity index (χ3n) is 4.68. The summed E-state index contributed by atoms with van der Waals surface area (Å²) < 4.78 is 5.17. The van der Waals surface area contributed by atoms with Gasteiger partial charge in [0.25, 0.3) is 0 Å². The Kier molecular flexibility index (Phi) is 12.0. The van der Waals surface area contributed by atoms with E-state index in [2.05, 4.69) is 29.2 Å². The second kappa shape index (κ2) is 13.7. The maximum absolute atomic E-state index is 9.55. The smallest absolute Gasteiger partial charge is 0.229 e. The van der Waals surface area contributed by atoms with Crippen LogP contribution in [0.3, 0.4) is 0 Å². The number of nitrogens with two attached hydrogens (primary N) is 1. The maximum Gasteiger partial charge on any atom is 0.229 e. The van der Waals surface area contributed by atoms with Gasteiger partial charge in [0.2, 0.25) is 11.7 Å². The molecule has 1 atom stereocenters. The third kappa shape index (κ3) is 8.87. The summed E-state index contributed by atoms with van der Waals surface area (Å²) in [6.45, 7) is 2.44. The van der Waals surface area contributed by atoms with E-state index in [9.17, 15) is 5.11 Å². The first-order valence-electron chi connectivity index (χ1n) is 10.0. The van der Waals surface area contributed by atoms with Crippen LogP contribution in [-0.4, -0.2) is 27.9 Å². The zero-order valence-corrected chi connectivity index (χ0v) is 17.2. The van der Waals surface area contributed by atoms with Gasteiger partial charge in [-0.15, -0.1) is 12.4 Å². The summed E-state index contributed by atoms with van der Waals surface area (Å²) in [7, 11) is 0. The first-order chi connectivity index (χ1) is 12.7. The van der Waals surface area contributed by atoms with E-state index < -0.39 is 6.10 Å². The van der Waals surface area contributed by atoms with Crippen LogP contribution in [0.1, 0.15) is 69.7 Å². The SMILES string of the molecule is CCCCCCCCCCc1ccc(-c2noc(CC(O)CN)n2)cc1.Cl. The Hall–Kier alpha value is -1.43. The Balaban J connectivity index is 0.00000364. The molecule has 0 radical (unpaired) electrons. The van der Waals surface area contributed by atoms with Crippen molar-refractivity contribution < 1.29 is 9.63 Å². The minimum absolute atomic E-state index is 0. The highest BCUT2D eigenvalue weighted by molar-refractivity contribution is 5.85. The summed E-state index contributed by atoms with van der Waals surface area (Å²) in [6.07, 6.45) is 11.5. The topological polar surface area (TPSA) is 85.2 Å². The van der Waals surface area contributed by atoms with E-state index in [0.29, 0.717) is 18.1 Å². The van der Waals surface area contributed by atoms with Gasteiger partial charge in [0.15, 0.2) is 0 Å². The molecular formula is C21H34ClN3O2. The predicted molar refractivity (Wildman–Crippen MR) is 112 cm³/mol. The number of hydrogen-bond acceptors (Lipinski definition) is 5. The van der Waals surface area contributed by atoms with Crippen molar-refractivity contribution in [2.75, 3.05) is 6.54 Å². The average Bonchev–Trinajstić information content (AvgIpc) is 3.12. The Bertz CT molecular complexity index is 616. The molecule has 1 unspecified atom stereocenters. The molecule has 2 aromatic rings. The quantitative estimate of drug-likeness (QED) is 0.480. The highest BCUT2D eigenvalue weighted by Crippen LogP contribution is 2.18. The normalized spacial score (nSPS) is 12.0. The zero-order valence-electron chi connectivity index (χ0n) is 16.4. The number of rotatable bonds is 13. The first kappa shape index (κ1) is 23.6. The maximum atomic E-state index is 9.55. The second-order valence-corrected chi connectivity index (χ2v) is 7.03. The van der Waals surface area contributed by atoms with Crippen molar-refractivity contribution in [1.29, 1.82) is 0 Å². The fraction of sp³-hybridized carbons (Fsp3) is 0.619. The molecule has 152 valence electrons. The number of unbranched alkanes of at least 4 members (excludes halogenated alkanes) is 7. The molecule has 27 heavy (non-hydrogen) atoms. The van der Waals surface area contributed by atoms with Gasteiger partial charge in [-0.05, 0) is 18.4 Å². The largest absolute Gasteiger partial charge is 0.391 e. The number of aliphatic hydroxyl groups excluding tert-OH is 1. The van der Waals surface area contributed by atoms with Crippen molar-refractivity contribution in [3.8, 4) is 11.4 Å². The molecule has 1 aromatic heterocycles. The lowest BCUT2D eigenvalue weighted by Crippen LogP contribution is -2.22. The fourth-order valence-electron chi connectivity index (χ4n) is 3.02. The monoisotopic (exact) mass is 395 g/mol.